The van der Waals surface area contributed by atoms with Gasteiger partial charge in [-0.1, -0.05) is 35.3 Å². The Morgan fingerprint density at radius 2 is 1.79 bits per heavy atom. The second-order valence-corrected chi connectivity index (χ2v) is 4.61. The summed E-state index contributed by atoms with van der Waals surface area (Å²) in [6.45, 7) is 1.43. The molecule has 0 spiro atoms. The Kier molecular flexibility index (Phi) is 4.02. The third kappa shape index (κ3) is 2.69. The molecule has 0 aliphatic heterocycles. The highest BCUT2D eigenvalue weighted by molar-refractivity contribution is 6.33. The molecule has 0 aliphatic rings. The first-order valence-electron chi connectivity index (χ1n) is 5.41. The molecule has 0 fully saturated rings. The normalized spacial score (nSPS) is 10.3. The Hall–Kier alpha value is -1.65. The molecule has 1 aromatic carbocycles. The van der Waals surface area contributed by atoms with E-state index >= 15 is 0 Å². The van der Waals surface area contributed by atoms with Crippen molar-refractivity contribution in [2.24, 2.45) is 0 Å². The zero-order valence-electron chi connectivity index (χ0n) is 10.3. The van der Waals surface area contributed by atoms with Gasteiger partial charge in [0.25, 0.3) is 0 Å². The summed E-state index contributed by atoms with van der Waals surface area (Å²) in [7, 11) is 1.43. The maximum atomic E-state index is 11.8. The minimum absolute atomic E-state index is 0.147. The Bertz CT molecular complexity index is 627. The van der Waals surface area contributed by atoms with Gasteiger partial charge in [-0.2, -0.15) is 0 Å². The van der Waals surface area contributed by atoms with Crippen molar-refractivity contribution in [3.8, 4) is 17.0 Å². The van der Waals surface area contributed by atoms with Gasteiger partial charge in [0.15, 0.2) is 10.9 Å². The molecule has 0 radical (unpaired) electrons. The van der Waals surface area contributed by atoms with Gasteiger partial charge in [-0.3, -0.25) is 4.79 Å². The van der Waals surface area contributed by atoms with Crippen LogP contribution in [-0.4, -0.2) is 23.1 Å². The van der Waals surface area contributed by atoms with Crippen LogP contribution in [0.1, 0.15) is 17.3 Å². The SMILES string of the molecule is COc1nnc(Cl)c(-c2ccc(Cl)cc2)c1C(C)=O. The lowest BCUT2D eigenvalue weighted by Crippen LogP contribution is -2.05. The summed E-state index contributed by atoms with van der Waals surface area (Å²) in [4.78, 5) is 11.8. The van der Waals surface area contributed by atoms with Crippen LogP contribution in [0.2, 0.25) is 10.2 Å². The number of aromatic nitrogens is 2. The maximum Gasteiger partial charge on any atom is 0.244 e. The highest BCUT2D eigenvalue weighted by Gasteiger charge is 2.21. The fraction of sp³-hybridized carbons (Fsp3) is 0.154. The van der Waals surface area contributed by atoms with Gasteiger partial charge >= 0.3 is 0 Å². The molecule has 1 heterocycles. The van der Waals surface area contributed by atoms with E-state index in [0.29, 0.717) is 16.1 Å². The quantitative estimate of drug-likeness (QED) is 0.811. The number of hydrogen-bond acceptors (Lipinski definition) is 4. The summed E-state index contributed by atoms with van der Waals surface area (Å²) >= 11 is 11.9. The lowest BCUT2D eigenvalue weighted by atomic mass is 10.0. The molecule has 0 saturated heterocycles. The summed E-state index contributed by atoms with van der Waals surface area (Å²) in [6.07, 6.45) is 0. The lowest BCUT2D eigenvalue weighted by molar-refractivity contribution is 0.101. The van der Waals surface area contributed by atoms with Crippen LogP contribution in [0.4, 0.5) is 0 Å². The summed E-state index contributed by atoms with van der Waals surface area (Å²) in [5.74, 6) is -0.0412. The minimum Gasteiger partial charge on any atom is -0.479 e. The molecule has 2 aromatic rings. The summed E-state index contributed by atoms with van der Waals surface area (Å²) in [5.41, 5.74) is 1.54. The Morgan fingerprint density at radius 1 is 1.16 bits per heavy atom. The molecule has 2 rings (SSSR count). The first-order chi connectivity index (χ1) is 9.04. The highest BCUT2D eigenvalue weighted by atomic mass is 35.5. The van der Waals surface area contributed by atoms with Crippen LogP contribution in [0.3, 0.4) is 0 Å². The number of methoxy groups -OCH3 is 1. The largest absolute Gasteiger partial charge is 0.479 e. The molecule has 0 bridgehead atoms. The van der Waals surface area contributed by atoms with E-state index in [1.807, 2.05) is 0 Å². The van der Waals surface area contributed by atoms with Crippen molar-refractivity contribution in [3.05, 3.63) is 40.0 Å². The number of nitrogens with zero attached hydrogens (tertiary/aromatic N) is 2. The first-order valence-corrected chi connectivity index (χ1v) is 6.17. The molecule has 0 aliphatic carbocycles. The molecule has 4 nitrogen and oxygen atoms in total. The zero-order chi connectivity index (χ0) is 14.0. The summed E-state index contributed by atoms with van der Waals surface area (Å²) < 4.78 is 5.07. The fourth-order valence-electron chi connectivity index (χ4n) is 1.75. The van der Waals surface area contributed by atoms with Gasteiger partial charge in [0.05, 0.1) is 12.7 Å². The Morgan fingerprint density at radius 3 is 2.32 bits per heavy atom. The average molecular weight is 297 g/mol. The number of halogens is 2. The summed E-state index contributed by atoms with van der Waals surface area (Å²) in [6, 6.07) is 6.95. The molecule has 19 heavy (non-hydrogen) atoms. The number of rotatable bonds is 3. The third-order valence-electron chi connectivity index (χ3n) is 2.58. The van der Waals surface area contributed by atoms with E-state index in [0.717, 1.165) is 5.56 Å². The minimum atomic E-state index is -0.196. The van der Waals surface area contributed by atoms with Crippen molar-refractivity contribution in [1.82, 2.24) is 10.2 Å². The molecular weight excluding hydrogens is 287 g/mol. The predicted octanol–water partition coefficient (Wildman–Crippen LogP) is 3.66. The monoisotopic (exact) mass is 296 g/mol. The standard InChI is InChI=1S/C13H10Cl2N2O2/c1-7(18)10-11(8-3-5-9(14)6-4-8)12(15)16-17-13(10)19-2/h3-6H,1-2H3. The van der Waals surface area contributed by atoms with Gasteiger partial charge in [-0.25, -0.2) is 0 Å². The van der Waals surface area contributed by atoms with E-state index in [1.165, 1.54) is 14.0 Å². The number of carbonyl (C=O) groups excluding carboxylic acids is 1. The molecule has 1 aromatic heterocycles. The molecule has 0 atom stereocenters. The van der Waals surface area contributed by atoms with Crippen molar-refractivity contribution in [2.75, 3.05) is 7.11 Å². The van der Waals surface area contributed by atoms with E-state index in [1.54, 1.807) is 24.3 Å². The second-order valence-electron chi connectivity index (χ2n) is 3.81. The van der Waals surface area contributed by atoms with Crippen molar-refractivity contribution < 1.29 is 9.53 Å². The Balaban J connectivity index is 2.73. The Labute approximate surface area is 120 Å². The van der Waals surface area contributed by atoms with Crippen molar-refractivity contribution in [1.29, 1.82) is 0 Å². The highest BCUT2D eigenvalue weighted by Crippen LogP contribution is 2.34. The van der Waals surface area contributed by atoms with Gasteiger partial charge in [0.1, 0.15) is 0 Å². The molecule has 0 N–H and O–H groups in total. The molecule has 0 saturated carbocycles. The van der Waals surface area contributed by atoms with Crippen LogP contribution in [0.5, 0.6) is 5.88 Å². The lowest BCUT2D eigenvalue weighted by Gasteiger charge is -2.11. The van der Waals surface area contributed by atoms with Crippen LogP contribution in [0.25, 0.3) is 11.1 Å². The smallest absolute Gasteiger partial charge is 0.244 e. The van der Waals surface area contributed by atoms with E-state index in [9.17, 15) is 4.79 Å². The number of ether oxygens (including phenoxy) is 1. The predicted molar refractivity (Wildman–Crippen MR) is 74.0 cm³/mol. The van der Waals surface area contributed by atoms with Crippen LogP contribution >= 0.6 is 23.2 Å². The zero-order valence-corrected chi connectivity index (χ0v) is 11.8. The van der Waals surface area contributed by atoms with E-state index in [2.05, 4.69) is 10.2 Å². The maximum absolute atomic E-state index is 11.8. The summed E-state index contributed by atoms with van der Waals surface area (Å²) in [5, 5.41) is 8.31. The van der Waals surface area contributed by atoms with Gasteiger partial charge in [-0.05, 0) is 24.6 Å². The topological polar surface area (TPSA) is 52.1 Å². The molecule has 0 unspecified atom stereocenters. The van der Waals surface area contributed by atoms with E-state index < -0.39 is 0 Å². The van der Waals surface area contributed by atoms with E-state index in [4.69, 9.17) is 27.9 Å². The van der Waals surface area contributed by atoms with Gasteiger partial charge < -0.3 is 4.74 Å². The number of benzene rings is 1. The fourth-order valence-corrected chi connectivity index (χ4v) is 2.12. The van der Waals surface area contributed by atoms with Crippen molar-refractivity contribution >= 4 is 29.0 Å². The number of carbonyl (C=O) groups is 1. The number of Topliss-reactive ketones (excluding diaryl/α,β-unsaturated/α-hetero) is 1. The number of ketones is 1. The average Bonchev–Trinajstić information content (AvgIpc) is 2.39. The van der Waals surface area contributed by atoms with Crippen LogP contribution in [0, 0.1) is 0 Å². The molecular formula is C13H10Cl2N2O2. The van der Waals surface area contributed by atoms with E-state index in [-0.39, 0.29) is 16.8 Å². The van der Waals surface area contributed by atoms with Crippen LogP contribution in [-0.2, 0) is 0 Å². The van der Waals surface area contributed by atoms with Gasteiger partial charge in [0, 0.05) is 10.6 Å². The number of hydrogen-bond donors (Lipinski definition) is 0. The van der Waals surface area contributed by atoms with Crippen molar-refractivity contribution in [2.45, 2.75) is 6.92 Å². The molecule has 98 valence electrons. The second kappa shape index (κ2) is 5.55. The van der Waals surface area contributed by atoms with Crippen molar-refractivity contribution in [3.63, 3.8) is 0 Å². The van der Waals surface area contributed by atoms with Gasteiger partial charge in [-0.15, -0.1) is 10.2 Å². The first kappa shape index (κ1) is 13.8. The van der Waals surface area contributed by atoms with Crippen LogP contribution in [0.15, 0.2) is 24.3 Å². The van der Waals surface area contributed by atoms with Crippen LogP contribution < -0.4 is 4.74 Å². The molecule has 0 amide bonds. The molecule has 6 heteroatoms. The third-order valence-corrected chi connectivity index (χ3v) is 3.09. The van der Waals surface area contributed by atoms with Gasteiger partial charge in [0.2, 0.25) is 5.88 Å².